The first-order valence-corrected chi connectivity index (χ1v) is 5.72. The molecule has 0 atom stereocenters. The van der Waals surface area contributed by atoms with Crippen molar-refractivity contribution in [3.05, 3.63) is 59.2 Å². The topological polar surface area (TPSA) is 21.3 Å². The highest BCUT2D eigenvalue weighted by molar-refractivity contribution is 5.46. The van der Waals surface area contributed by atoms with Gasteiger partial charge in [0, 0.05) is 6.54 Å². The molecule has 106 valence electrons. The van der Waals surface area contributed by atoms with Crippen LogP contribution >= 0.6 is 0 Å². The molecule has 0 spiro atoms. The second-order valence-corrected chi connectivity index (χ2v) is 4.05. The molecule has 0 saturated heterocycles. The van der Waals surface area contributed by atoms with Crippen LogP contribution in [0.25, 0.3) is 0 Å². The van der Waals surface area contributed by atoms with Gasteiger partial charge in [0.25, 0.3) is 0 Å². The summed E-state index contributed by atoms with van der Waals surface area (Å²) in [6, 6.07) is 6.10. The highest BCUT2D eigenvalue weighted by Gasteiger charge is 2.13. The first-order chi connectivity index (χ1) is 9.52. The molecule has 0 saturated carbocycles. The third-order valence-electron chi connectivity index (χ3n) is 2.73. The third kappa shape index (κ3) is 2.84. The summed E-state index contributed by atoms with van der Waals surface area (Å²) in [6.45, 7) is 0.0584. The molecule has 0 aromatic heterocycles. The first-order valence-electron chi connectivity index (χ1n) is 5.72. The predicted octanol–water partition coefficient (Wildman–Crippen LogP) is 3.86. The van der Waals surface area contributed by atoms with Crippen molar-refractivity contribution in [3.63, 3.8) is 0 Å². The normalized spacial score (nSPS) is 10.4. The van der Waals surface area contributed by atoms with Gasteiger partial charge in [0.05, 0.1) is 12.8 Å². The van der Waals surface area contributed by atoms with Crippen LogP contribution in [-0.2, 0) is 6.54 Å². The standard InChI is InChI=1S/C14H11F4NO/c1-20-12-5-2-8(6-10(12)16)7-19-11-4-3-9(15)13(17)14(11)18/h2-6,19H,7H2,1H3. The minimum Gasteiger partial charge on any atom is -0.494 e. The molecule has 0 aliphatic carbocycles. The molecule has 2 aromatic carbocycles. The molecule has 0 amide bonds. The van der Waals surface area contributed by atoms with Crippen LogP contribution in [0.15, 0.2) is 30.3 Å². The summed E-state index contributed by atoms with van der Waals surface area (Å²) in [4.78, 5) is 0. The van der Waals surface area contributed by atoms with E-state index in [0.29, 0.717) is 5.56 Å². The van der Waals surface area contributed by atoms with E-state index in [1.807, 2.05) is 0 Å². The lowest BCUT2D eigenvalue weighted by Crippen LogP contribution is -2.04. The van der Waals surface area contributed by atoms with Crippen molar-refractivity contribution in [3.8, 4) is 5.75 Å². The van der Waals surface area contributed by atoms with Crippen LogP contribution in [0.1, 0.15) is 5.56 Å². The highest BCUT2D eigenvalue weighted by Crippen LogP contribution is 2.22. The van der Waals surface area contributed by atoms with Crippen LogP contribution in [0, 0.1) is 23.3 Å². The van der Waals surface area contributed by atoms with E-state index in [4.69, 9.17) is 4.74 Å². The maximum atomic E-state index is 13.4. The number of hydrogen-bond acceptors (Lipinski definition) is 2. The van der Waals surface area contributed by atoms with Crippen molar-refractivity contribution >= 4 is 5.69 Å². The molecule has 2 nitrogen and oxygen atoms in total. The SMILES string of the molecule is COc1ccc(CNc2ccc(F)c(F)c2F)cc1F. The molecular formula is C14H11F4NO. The van der Waals surface area contributed by atoms with E-state index in [0.717, 1.165) is 12.1 Å². The van der Waals surface area contributed by atoms with Crippen LogP contribution in [0.4, 0.5) is 23.2 Å². The molecule has 2 rings (SSSR count). The average Bonchev–Trinajstić information content (AvgIpc) is 2.44. The highest BCUT2D eigenvalue weighted by atomic mass is 19.2. The Morgan fingerprint density at radius 1 is 0.950 bits per heavy atom. The van der Waals surface area contributed by atoms with E-state index in [1.54, 1.807) is 6.07 Å². The van der Waals surface area contributed by atoms with Gasteiger partial charge < -0.3 is 10.1 Å². The van der Waals surface area contributed by atoms with Crippen LogP contribution in [0.5, 0.6) is 5.75 Å². The zero-order chi connectivity index (χ0) is 14.7. The largest absolute Gasteiger partial charge is 0.494 e. The number of ether oxygens (including phenoxy) is 1. The van der Waals surface area contributed by atoms with Gasteiger partial charge in [-0.1, -0.05) is 6.07 Å². The van der Waals surface area contributed by atoms with E-state index in [1.165, 1.54) is 19.2 Å². The quantitative estimate of drug-likeness (QED) is 0.680. The Labute approximate surface area is 113 Å². The van der Waals surface area contributed by atoms with E-state index < -0.39 is 23.3 Å². The van der Waals surface area contributed by atoms with Gasteiger partial charge in [-0.25, -0.2) is 17.6 Å². The number of rotatable bonds is 4. The van der Waals surface area contributed by atoms with E-state index in [-0.39, 0.29) is 18.0 Å². The zero-order valence-electron chi connectivity index (χ0n) is 10.5. The molecule has 1 N–H and O–H groups in total. The van der Waals surface area contributed by atoms with Crippen LogP contribution in [0.2, 0.25) is 0 Å². The number of hydrogen-bond donors (Lipinski definition) is 1. The van der Waals surface area contributed by atoms with Gasteiger partial charge in [-0.15, -0.1) is 0 Å². The summed E-state index contributed by atoms with van der Waals surface area (Å²) >= 11 is 0. The van der Waals surface area contributed by atoms with Gasteiger partial charge in [-0.05, 0) is 29.8 Å². The average molecular weight is 285 g/mol. The molecule has 6 heteroatoms. The monoisotopic (exact) mass is 285 g/mol. The van der Waals surface area contributed by atoms with Gasteiger partial charge in [0.2, 0.25) is 0 Å². The number of anilines is 1. The lowest BCUT2D eigenvalue weighted by Gasteiger charge is -2.09. The van der Waals surface area contributed by atoms with Crippen LogP contribution in [-0.4, -0.2) is 7.11 Å². The van der Waals surface area contributed by atoms with Crippen molar-refractivity contribution in [1.82, 2.24) is 0 Å². The Morgan fingerprint density at radius 2 is 1.70 bits per heavy atom. The minimum atomic E-state index is -1.55. The second-order valence-electron chi connectivity index (χ2n) is 4.05. The van der Waals surface area contributed by atoms with Crippen molar-refractivity contribution in [1.29, 1.82) is 0 Å². The summed E-state index contributed by atoms with van der Waals surface area (Å²) in [7, 11) is 1.34. The summed E-state index contributed by atoms with van der Waals surface area (Å²) in [5.74, 6) is -4.58. The fourth-order valence-electron chi connectivity index (χ4n) is 1.68. The molecule has 0 unspecified atom stereocenters. The summed E-state index contributed by atoms with van der Waals surface area (Å²) < 4.78 is 57.4. The fourth-order valence-corrected chi connectivity index (χ4v) is 1.68. The number of nitrogens with one attached hydrogen (secondary N) is 1. The van der Waals surface area contributed by atoms with Gasteiger partial charge in [0.15, 0.2) is 29.0 Å². The predicted molar refractivity (Wildman–Crippen MR) is 66.6 cm³/mol. The van der Waals surface area contributed by atoms with Crippen molar-refractivity contribution in [2.75, 3.05) is 12.4 Å². The first kappa shape index (κ1) is 14.2. The smallest absolute Gasteiger partial charge is 0.196 e. The second kappa shape index (κ2) is 5.81. The van der Waals surface area contributed by atoms with E-state index in [2.05, 4.69) is 5.32 Å². The van der Waals surface area contributed by atoms with Gasteiger partial charge in [-0.3, -0.25) is 0 Å². The summed E-state index contributed by atoms with van der Waals surface area (Å²) in [5.41, 5.74) is 0.313. The van der Waals surface area contributed by atoms with E-state index in [9.17, 15) is 17.6 Å². The van der Waals surface area contributed by atoms with Gasteiger partial charge in [0.1, 0.15) is 0 Å². The van der Waals surface area contributed by atoms with E-state index >= 15 is 0 Å². The Bertz CT molecular complexity index is 631. The number of benzene rings is 2. The summed E-state index contributed by atoms with van der Waals surface area (Å²) in [6.07, 6.45) is 0. The molecule has 20 heavy (non-hydrogen) atoms. The molecular weight excluding hydrogens is 274 g/mol. The lowest BCUT2D eigenvalue weighted by molar-refractivity contribution is 0.386. The third-order valence-corrected chi connectivity index (χ3v) is 2.73. The zero-order valence-corrected chi connectivity index (χ0v) is 10.5. The summed E-state index contributed by atoms with van der Waals surface area (Å²) in [5, 5.41) is 2.57. The Balaban J connectivity index is 2.13. The molecule has 0 fully saturated rings. The molecule has 2 aromatic rings. The van der Waals surface area contributed by atoms with Crippen molar-refractivity contribution < 1.29 is 22.3 Å². The van der Waals surface area contributed by atoms with Crippen molar-refractivity contribution in [2.24, 2.45) is 0 Å². The lowest BCUT2D eigenvalue weighted by atomic mass is 10.2. The Kier molecular flexibility index (Phi) is 4.12. The van der Waals surface area contributed by atoms with Crippen LogP contribution < -0.4 is 10.1 Å². The number of halogens is 4. The molecule has 0 aliphatic heterocycles. The maximum Gasteiger partial charge on any atom is 0.196 e. The van der Waals surface area contributed by atoms with Crippen molar-refractivity contribution in [2.45, 2.75) is 6.54 Å². The van der Waals surface area contributed by atoms with Gasteiger partial charge >= 0.3 is 0 Å². The molecule has 0 aliphatic rings. The Hall–Kier alpha value is -2.24. The molecule has 0 heterocycles. The maximum absolute atomic E-state index is 13.4. The fraction of sp³-hybridized carbons (Fsp3) is 0.143. The molecule has 0 bridgehead atoms. The number of methoxy groups -OCH3 is 1. The Morgan fingerprint density at radius 3 is 2.35 bits per heavy atom. The molecule has 0 radical (unpaired) electrons. The van der Waals surface area contributed by atoms with Gasteiger partial charge in [-0.2, -0.15) is 0 Å². The van der Waals surface area contributed by atoms with Crippen LogP contribution in [0.3, 0.4) is 0 Å². The minimum absolute atomic E-state index is 0.0584.